The van der Waals surface area contributed by atoms with Crippen LogP contribution in [0.2, 0.25) is 0 Å². The minimum Gasteiger partial charge on any atom is -0.497 e. The third-order valence-corrected chi connectivity index (χ3v) is 13.9. The van der Waals surface area contributed by atoms with Crippen LogP contribution in [0.25, 0.3) is 0 Å². The SMILES string of the molecule is COc1cccc(NC(=O)c2sc(NCCCOc3ccc4cc3Oc3ccc(cc3)C[C@H]3c5cc(c(OC)cc5CCN3C)Oc3c(OC)c(OC)cc5c3[C@@H](C4)N(C)CC5)nc2C)c1. The predicted molar refractivity (Wildman–Crippen MR) is 258 cm³/mol. The van der Waals surface area contributed by atoms with Crippen molar-refractivity contribution in [3.63, 3.8) is 0 Å². The number of hydrogen-bond donors (Lipinski definition) is 2. The van der Waals surface area contributed by atoms with E-state index in [-0.39, 0.29) is 18.0 Å². The second-order valence-electron chi connectivity index (χ2n) is 17.0. The number of carbonyl (C=O) groups is 1. The number of amides is 1. The average Bonchev–Trinajstić information content (AvgIpc) is 3.71. The van der Waals surface area contributed by atoms with Crippen molar-refractivity contribution < 1.29 is 38.0 Å². The van der Waals surface area contributed by atoms with E-state index >= 15 is 0 Å². The molecule has 5 aromatic carbocycles. The fourth-order valence-electron chi connectivity index (χ4n) is 9.25. The zero-order valence-corrected chi connectivity index (χ0v) is 39.4. The second-order valence-corrected chi connectivity index (χ2v) is 18.0. The lowest BCUT2D eigenvalue weighted by molar-refractivity contribution is 0.102. The standard InChI is InChI=1S/C52H57N5O8S/c1-31-50(51(58)55-36-10-8-11-38(29-36)59-4)66-52(54-31)53-20-9-23-63-42-17-14-33-25-41-47-35(19-22-57(41)3)28-46(61-6)48(62-7)49(47)65-45-30-39-34(27-43(45)60-5)18-21-56(2)40(39)24-32-12-15-37(16-13-32)64-44(42)26-33/h8,10-17,26-30,40-41H,9,18-25H2,1-7H3,(H,53,54)(H,55,58)/t40-,41+/m0/s1. The molecule has 0 spiro atoms. The molecule has 0 unspecified atom stereocenters. The van der Waals surface area contributed by atoms with Crippen LogP contribution in [0.5, 0.6) is 51.7 Å². The number of anilines is 2. The lowest BCUT2D eigenvalue weighted by atomic mass is 9.87. The molecule has 4 aliphatic rings. The maximum Gasteiger partial charge on any atom is 0.267 e. The molecule has 0 saturated carbocycles. The number of thiazole rings is 1. The molecule has 0 fully saturated rings. The Kier molecular flexibility index (Phi) is 13.2. The first kappa shape index (κ1) is 44.7. The van der Waals surface area contributed by atoms with Crippen LogP contribution in [0.4, 0.5) is 10.8 Å². The van der Waals surface area contributed by atoms with Gasteiger partial charge >= 0.3 is 0 Å². The van der Waals surface area contributed by atoms with E-state index in [0.29, 0.717) is 93.4 Å². The Morgan fingerprint density at radius 3 is 2.27 bits per heavy atom. The highest BCUT2D eigenvalue weighted by Gasteiger charge is 2.35. The van der Waals surface area contributed by atoms with Crippen LogP contribution in [-0.2, 0) is 25.7 Å². The molecule has 2 atom stereocenters. The Balaban J connectivity index is 0.994. The maximum atomic E-state index is 13.1. The summed E-state index contributed by atoms with van der Waals surface area (Å²) in [5.41, 5.74) is 8.27. The van der Waals surface area contributed by atoms with Crippen molar-refractivity contribution in [3.05, 3.63) is 129 Å². The van der Waals surface area contributed by atoms with E-state index in [2.05, 4.69) is 82.0 Å². The molecule has 344 valence electrons. The first-order chi connectivity index (χ1) is 32.1. The van der Waals surface area contributed by atoms with Gasteiger partial charge in [-0.25, -0.2) is 4.98 Å². The summed E-state index contributed by atoms with van der Waals surface area (Å²) in [4.78, 5) is 23.1. The van der Waals surface area contributed by atoms with E-state index in [1.165, 1.54) is 28.0 Å². The lowest BCUT2D eigenvalue weighted by Gasteiger charge is -2.37. The predicted octanol–water partition coefficient (Wildman–Crippen LogP) is 10.1. The molecule has 1 amide bonds. The number of carbonyl (C=O) groups excluding carboxylic acids is 1. The van der Waals surface area contributed by atoms with Crippen molar-refractivity contribution in [3.8, 4) is 51.7 Å². The normalized spacial score (nSPS) is 16.7. The third-order valence-electron chi connectivity index (χ3n) is 12.8. The first-order valence-corrected chi connectivity index (χ1v) is 23.2. The van der Waals surface area contributed by atoms with Gasteiger partial charge in [-0.1, -0.05) is 35.6 Å². The molecule has 14 heteroatoms. The summed E-state index contributed by atoms with van der Waals surface area (Å²) < 4.78 is 43.7. The number of fused-ring (bicyclic) bond motifs is 2. The molecule has 0 radical (unpaired) electrons. The summed E-state index contributed by atoms with van der Waals surface area (Å²) in [6.45, 7) is 4.65. The molecular weight excluding hydrogens is 855 g/mol. The summed E-state index contributed by atoms with van der Waals surface area (Å²) in [6.07, 6.45) is 3.88. The van der Waals surface area contributed by atoms with Crippen LogP contribution in [0.15, 0.2) is 84.9 Å². The number of methoxy groups -OCH3 is 4. The molecule has 0 saturated heterocycles. The van der Waals surface area contributed by atoms with Gasteiger partial charge in [0.25, 0.3) is 5.91 Å². The van der Waals surface area contributed by atoms with Gasteiger partial charge in [-0.05, 0) is 136 Å². The van der Waals surface area contributed by atoms with E-state index < -0.39 is 0 Å². The second kappa shape index (κ2) is 19.5. The van der Waals surface area contributed by atoms with E-state index in [1.54, 1.807) is 34.5 Å². The summed E-state index contributed by atoms with van der Waals surface area (Å²) >= 11 is 1.32. The molecule has 6 aromatic rings. The van der Waals surface area contributed by atoms with Crippen molar-refractivity contribution in [1.82, 2.24) is 14.8 Å². The van der Waals surface area contributed by atoms with E-state index in [1.807, 2.05) is 43.3 Å². The average molecular weight is 912 g/mol. The van der Waals surface area contributed by atoms with Crippen LogP contribution >= 0.6 is 11.3 Å². The maximum absolute atomic E-state index is 13.1. The highest BCUT2D eigenvalue weighted by Crippen LogP contribution is 2.52. The van der Waals surface area contributed by atoms with Crippen molar-refractivity contribution in [2.75, 3.05) is 79.4 Å². The first-order valence-electron chi connectivity index (χ1n) is 22.4. The van der Waals surface area contributed by atoms with Gasteiger partial charge in [-0.3, -0.25) is 14.6 Å². The van der Waals surface area contributed by atoms with E-state index in [0.717, 1.165) is 54.8 Å². The Bertz CT molecular complexity index is 2720. The number of aromatic nitrogens is 1. The Hall–Kier alpha value is -6.48. The van der Waals surface area contributed by atoms with Crippen molar-refractivity contribution >= 4 is 28.1 Å². The van der Waals surface area contributed by atoms with Gasteiger partial charge in [-0.15, -0.1) is 0 Å². The number of ether oxygens (including phenoxy) is 7. The molecule has 10 rings (SSSR count). The number of rotatable bonds is 12. The number of benzene rings is 5. The van der Waals surface area contributed by atoms with Gasteiger partial charge in [0.15, 0.2) is 39.6 Å². The zero-order valence-electron chi connectivity index (χ0n) is 38.6. The minimum atomic E-state index is -0.214. The van der Waals surface area contributed by atoms with Crippen LogP contribution in [0.1, 0.15) is 67.3 Å². The lowest BCUT2D eigenvalue weighted by Crippen LogP contribution is -2.34. The molecule has 4 aliphatic heterocycles. The fraction of sp³-hybridized carbons (Fsp3) is 0.346. The molecule has 5 heterocycles. The van der Waals surface area contributed by atoms with Crippen LogP contribution in [0.3, 0.4) is 0 Å². The molecule has 6 bridgehead atoms. The summed E-state index contributed by atoms with van der Waals surface area (Å²) in [5.74, 6) is 5.58. The van der Waals surface area contributed by atoms with E-state index in [9.17, 15) is 4.79 Å². The third kappa shape index (κ3) is 9.31. The highest BCUT2D eigenvalue weighted by molar-refractivity contribution is 7.17. The Morgan fingerprint density at radius 1 is 0.773 bits per heavy atom. The van der Waals surface area contributed by atoms with Gasteiger partial charge in [0.1, 0.15) is 16.4 Å². The topological polar surface area (TPSA) is 125 Å². The van der Waals surface area contributed by atoms with Crippen LogP contribution in [-0.4, -0.2) is 89.5 Å². The monoisotopic (exact) mass is 911 g/mol. The highest BCUT2D eigenvalue weighted by atomic mass is 32.1. The largest absolute Gasteiger partial charge is 0.497 e. The molecule has 13 nitrogen and oxygen atoms in total. The number of hydrogen-bond acceptors (Lipinski definition) is 13. The Morgan fingerprint density at radius 2 is 1.50 bits per heavy atom. The number of aryl methyl sites for hydroxylation is 1. The Labute approximate surface area is 390 Å². The molecule has 2 N–H and O–H groups in total. The summed E-state index contributed by atoms with van der Waals surface area (Å²) in [7, 11) is 11.0. The molecular formula is C52H57N5O8S. The van der Waals surface area contributed by atoms with Crippen molar-refractivity contribution in [1.29, 1.82) is 0 Å². The molecule has 0 aliphatic carbocycles. The smallest absolute Gasteiger partial charge is 0.267 e. The molecule has 1 aromatic heterocycles. The number of likely N-dealkylation sites (N-methyl/N-ethyl adjacent to an activating group) is 2. The van der Waals surface area contributed by atoms with Crippen molar-refractivity contribution in [2.45, 2.75) is 51.1 Å². The van der Waals surface area contributed by atoms with Crippen LogP contribution < -0.4 is 43.8 Å². The van der Waals surface area contributed by atoms with Gasteiger partial charge in [-0.2, -0.15) is 0 Å². The molecule has 66 heavy (non-hydrogen) atoms. The summed E-state index contributed by atoms with van der Waals surface area (Å²) in [6, 6.07) is 28.3. The number of nitrogens with zero attached hydrogens (tertiary/aromatic N) is 3. The minimum absolute atomic E-state index is 0.0714. The van der Waals surface area contributed by atoms with Crippen LogP contribution in [0, 0.1) is 6.92 Å². The van der Waals surface area contributed by atoms with Gasteiger partial charge in [0, 0.05) is 49.0 Å². The summed E-state index contributed by atoms with van der Waals surface area (Å²) in [5, 5.41) is 7.00. The number of nitrogens with one attached hydrogen (secondary N) is 2. The zero-order chi connectivity index (χ0) is 45.9. The van der Waals surface area contributed by atoms with Crippen molar-refractivity contribution in [2.24, 2.45) is 0 Å². The quantitative estimate of drug-likeness (QED) is 0.114. The van der Waals surface area contributed by atoms with Gasteiger partial charge < -0.3 is 43.8 Å². The van der Waals surface area contributed by atoms with Gasteiger partial charge in [0.2, 0.25) is 5.75 Å². The van der Waals surface area contributed by atoms with Gasteiger partial charge in [0.05, 0.1) is 40.7 Å². The fourth-order valence-corrected chi connectivity index (χ4v) is 10.1. The van der Waals surface area contributed by atoms with E-state index in [4.69, 9.17) is 33.2 Å².